The number of nitrogens with two attached hydrogens (primary N) is 2. The number of rotatable bonds is 13. The molecule has 5 N–H and O–H groups in total. The van der Waals surface area contributed by atoms with Gasteiger partial charge in [0.25, 0.3) is 0 Å². The summed E-state index contributed by atoms with van der Waals surface area (Å²) in [5.41, 5.74) is 25.6. The number of nitrogen functional groups attached to an aromatic ring is 1. The van der Waals surface area contributed by atoms with Crippen LogP contribution in [0.5, 0.6) is 0 Å². The highest BCUT2D eigenvalue weighted by molar-refractivity contribution is 5.90. The van der Waals surface area contributed by atoms with Crippen LogP contribution in [0.1, 0.15) is 150 Å². The summed E-state index contributed by atoms with van der Waals surface area (Å²) >= 11 is 0. The third kappa shape index (κ3) is 12.0. The van der Waals surface area contributed by atoms with Gasteiger partial charge in [-0.3, -0.25) is 9.98 Å². The highest BCUT2D eigenvalue weighted by atomic mass is 14.9. The lowest BCUT2D eigenvalue weighted by molar-refractivity contribution is 0.389. The molecule has 298 valence electrons. The molecular formula is C50H73N5. The summed E-state index contributed by atoms with van der Waals surface area (Å²) < 4.78 is 0. The standard InChI is InChI=1S/C31H44N4.C13H16.C2H3N.C2H6.C2H4/c1-8-19(3)28-16-29(35-21(5)20(28)4)31(7,26-10-11-26)18-34-22(6)24-14-23(9-2)30(32)25(15-24)17-33-27-12-13-27;1-10(2)13(8-9-13)12-7-5-4-6-11(12)3;1-2-3;2*1-2/h14-17,19,26-27,34H,6,8-13,18,32H2,1-5,7H3;4-7H,1,8-9H2,2-3H3;1H,3H2;1-2H3;1-2H2. The van der Waals surface area contributed by atoms with Crippen molar-refractivity contribution < 1.29 is 0 Å². The van der Waals surface area contributed by atoms with Crippen molar-refractivity contribution in [2.75, 3.05) is 12.3 Å². The van der Waals surface area contributed by atoms with E-state index >= 15 is 0 Å². The number of terminal acetylenes is 1. The molecule has 0 radical (unpaired) electrons. The topological polar surface area (TPSA) is 89.3 Å². The molecule has 6 rings (SSSR count). The quantitative estimate of drug-likeness (QED) is 0.0535. The maximum atomic E-state index is 6.46. The van der Waals surface area contributed by atoms with Gasteiger partial charge in [-0.1, -0.05) is 91.0 Å². The number of hydrogen-bond donors (Lipinski definition) is 3. The first-order valence-corrected chi connectivity index (χ1v) is 20.5. The highest BCUT2D eigenvalue weighted by Gasteiger charge is 2.46. The lowest BCUT2D eigenvalue weighted by atomic mass is 9.78. The summed E-state index contributed by atoms with van der Waals surface area (Å²) in [6, 6.07) is 17.6. The van der Waals surface area contributed by atoms with Gasteiger partial charge in [-0.25, -0.2) is 0 Å². The van der Waals surface area contributed by atoms with Gasteiger partial charge in [-0.05, 0) is 149 Å². The van der Waals surface area contributed by atoms with Gasteiger partial charge in [0, 0.05) is 51.9 Å². The second kappa shape index (κ2) is 21.5. The first kappa shape index (κ1) is 46.6. The minimum Gasteiger partial charge on any atom is -0.398 e. The minimum atomic E-state index is -0.0265. The number of anilines is 1. The molecule has 1 heterocycles. The SMILES string of the molecule is C#CN.C=C.C=C(C)C1(c2ccccc2C)CC1.C=C(NCC(C)(c1cc(C(C)CC)c(C)c(C)n1)C1CC1)c1cc(C=NC2CC2)c(N)c(CC)c1.CC. The maximum absolute atomic E-state index is 6.46. The monoisotopic (exact) mass is 744 g/mol. The van der Waals surface area contributed by atoms with Gasteiger partial charge >= 0.3 is 0 Å². The second-order valence-electron chi connectivity index (χ2n) is 15.5. The van der Waals surface area contributed by atoms with Gasteiger partial charge < -0.3 is 16.8 Å². The third-order valence-corrected chi connectivity index (χ3v) is 11.7. The lowest BCUT2D eigenvalue weighted by Crippen LogP contribution is -2.38. The van der Waals surface area contributed by atoms with Gasteiger partial charge in [0.05, 0.1) is 6.04 Å². The zero-order valence-corrected chi connectivity index (χ0v) is 36.2. The van der Waals surface area contributed by atoms with E-state index in [9.17, 15) is 0 Å². The normalized spacial score (nSPS) is 16.4. The Labute approximate surface area is 336 Å². The summed E-state index contributed by atoms with van der Waals surface area (Å²) in [7, 11) is 0. The fourth-order valence-corrected chi connectivity index (χ4v) is 7.22. The molecule has 55 heavy (non-hydrogen) atoms. The molecule has 2 atom stereocenters. The van der Waals surface area contributed by atoms with Crippen LogP contribution in [0.4, 0.5) is 5.69 Å². The second-order valence-corrected chi connectivity index (χ2v) is 15.5. The molecule has 2 aromatic carbocycles. The molecule has 0 aliphatic heterocycles. The van der Waals surface area contributed by atoms with Crippen LogP contribution in [0.15, 0.2) is 79.3 Å². The van der Waals surface area contributed by atoms with E-state index in [-0.39, 0.29) is 5.41 Å². The van der Waals surface area contributed by atoms with Crippen LogP contribution in [-0.4, -0.2) is 23.8 Å². The number of hydrogen-bond acceptors (Lipinski definition) is 5. The number of aromatic nitrogens is 1. The molecule has 3 aliphatic rings. The number of benzene rings is 2. The van der Waals surface area contributed by atoms with Crippen LogP contribution in [0, 0.1) is 39.2 Å². The fourth-order valence-electron chi connectivity index (χ4n) is 7.22. The molecule has 2 unspecified atom stereocenters. The molecule has 0 spiro atoms. The molecule has 1 aromatic heterocycles. The predicted molar refractivity (Wildman–Crippen MR) is 243 cm³/mol. The van der Waals surface area contributed by atoms with Gasteiger partial charge in [0.15, 0.2) is 0 Å². The molecule has 3 saturated carbocycles. The Balaban J connectivity index is 0.000000431. The van der Waals surface area contributed by atoms with Gasteiger partial charge in [-0.2, -0.15) is 0 Å². The average Bonchev–Trinajstić information content (AvgIpc) is 4.04. The summed E-state index contributed by atoms with van der Waals surface area (Å²) in [5, 5.41) is 3.71. The summed E-state index contributed by atoms with van der Waals surface area (Å²) in [6.45, 7) is 37.2. The molecule has 3 fully saturated rings. The molecule has 0 saturated heterocycles. The summed E-state index contributed by atoms with van der Waals surface area (Å²) in [6.07, 6.45) is 15.9. The van der Waals surface area contributed by atoms with Crippen molar-refractivity contribution in [3.8, 4) is 12.5 Å². The number of aryl methyl sites for hydroxylation is 3. The Morgan fingerprint density at radius 2 is 1.67 bits per heavy atom. The van der Waals surface area contributed by atoms with Crippen molar-refractivity contribution in [1.82, 2.24) is 10.3 Å². The van der Waals surface area contributed by atoms with Crippen LogP contribution in [-0.2, 0) is 17.3 Å². The van der Waals surface area contributed by atoms with Crippen LogP contribution >= 0.6 is 0 Å². The van der Waals surface area contributed by atoms with Crippen molar-refractivity contribution >= 4 is 17.6 Å². The van der Waals surface area contributed by atoms with E-state index < -0.39 is 0 Å². The number of nitrogens with zero attached hydrogens (tertiary/aromatic N) is 2. The Morgan fingerprint density at radius 1 is 1.07 bits per heavy atom. The number of aliphatic imine (C=N–C) groups is 1. The van der Waals surface area contributed by atoms with E-state index in [1.54, 1.807) is 6.04 Å². The average molecular weight is 744 g/mol. The third-order valence-electron chi connectivity index (χ3n) is 11.7. The van der Waals surface area contributed by atoms with E-state index in [4.69, 9.17) is 10.7 Å². The van der Waals surface area contributed by atoms with E-state index in [1.807, 2.05) is 20.1 Å². The summed E-state index contributed by atoms with van der Waals surface area (Å²) in [4.78, 5) is 9.81. The highest BCUT2D eigenvalue weighted by Crippen LogP contribution is 2.54. The Bertz CT molecular complexity index is 1800. The molecule has 3 aliphatic carbocycles. The van der Waals surface area contributed by atoms with E-state index in [0.29, 0.717) is 23.3 Å². The molecule has 3 aromatic rings. The van der Waals surface area contributed by atoms with Crippen molar-refractivity contribution in [1.29, 1.82) is 0 Å². The largest absolute Gasteiger partial charge is 0.398 e. The molecule has 5 nitrogen and oxygen atoms in total. The number of pyridine rings is 1. The molecule has 0 bridgehead atoms. The van der Waals surface area contributed by atoms with Crippen LogP contribution in [0.3, 0.4) is 0 Å². The molecule has 0 amide bonds. The lowest BCUT2D eigenvalue weighted by Gasteiger charge is -2.32. The smallest absolute Gasteiger partial charge is 0.0501 e. The zero-order valence-electron chi connectivity index (χ0n) is 36.2. The number of nitrogens with one attached hydrogen (secondary N) is 1. The van der Waals surface area contributed by atoms with Crippen LogP contribution in [0.2, 0.25) is 0 Å². The molecule has 5 heteroatoms. The maximum Gasteiger partial charge on any atom is 0.0501 e. The van der Waals surface area contributed by atoms with E-state index in [2.05, 4.69) is 147 Å². The Morgan fingerprint density at radius 3 is 2.16 bits per heavy atom. The van der Waals surface area contributed by atoms with Crippen molar-refractivity contribution in [3.05, 3.63) is 125 Å². The van der Waals surface area contributed by atoms with Gasteiger partial charge in [0.2, 0.25) is 0 Å². The zero-order chi connectivity index (χ0) is 41.5. The van der Waals surface area contributed by atoms with E-state index in [0.717, 1.165) is 53.2 Å². The summed E-state index contributed by atoms with van der Waals surface area (Å²) in [5.74, 6) is 1.20. The fraction of sp³-hybridized carbons (Fsp3) is 0.480. The first-order chi connectivity index (χ1) is 26.3. The predicted octanol–water partition coefficient (Wildman–Crippen LogP) is 11.8. The molecular weight excluding hydrogens is 671 g/mol. The van der Waals surface area contributed by atoms with Crippen LogP contribution in [0.25, 0.3) is 5.70 Å². The van der Waals surface area contributed by atoms with Crippen LogP contribution < -0.4 is 16.8 Å². The minimum absolute atomic E-state index is 0.0265. The van der Waals surface area contributed by atoms with Gasteiger partial charge in [-0.15, -0.1) is 13.2 Å². The van der Waals surface area contributed by atoms with Crippen molar-refractivity contribution in [3.63, 3.8) is 0 Å². The van der Waals surface area contributed by atoms with E-state index in [1.165, 1.54) is 72.0 Å². The number of allylic oxidation sites excluding steroid dienone is 1. The first-order valence-electron chi connectivity index (χ1n) is 20.5. The van der Waals surface area contributed by atoms with Gasteiger partial charge in [0.1, 0.15) is 0 Å². The van der Waals surface area contributed by atoms with Crippen molar-refractivity contribution in [2.24, 2.45) is 16.6 Å². The Kier molecular flexibility index (Phi) is 18.2. The van der Waals surface area contributed by atoms with Crippen molar-refractivity contribution in [2.45, 2.75) is 143 Å². The Hall–Kier alpha value is -4.56.